The molecule has 5 nitrogen and oxygen atoms in total. The summed E-state index contributed by atoms with van der Waals surface area (Å²) in [4.78, 5) is 12.1. The first-order valence-corrected chi connectivity index (χ1v) is 9.70. The van der Waals surface area contributed by atoms with Crippen LogP contribution in [0.1, 0.15) is 5.56 Å². The largest absolute Gasteiger partial charge is 0.351 e. The molecule has 0 fully saturated rings. The number of likely N-dealkylation sites (N-methyl/N-ethyl adjacent to an activating group) is 1. The van der Waals surface area contributed by atoms with Crippen molar-refractivity contribution >= 4 is 50.7 Å². The van der Waals surface area contributed by atoms with Crippen molar-refractivity contribution in [3.8, 4) is 0 Å². The van der Waals surface area contributed by atoms with E-state index < -0.39 is 15.9 Å². The van der Waals surface area contributed by atoms with Gasteiger partial charge in [0.1, 0.15) is 0 Å². The van der Waals surface area contributed by atoms with Gasteiger partial charge < -0.3 is 5.32 Å². The highest BCUT2D eigenvalue weighted by Crippen LogP contribution is 2.21. The van der Waals surface area contributed by atoms with E-state index in [0.717, 1.165) is 4.31 Å². The fraction of sp³-hybridized carbons (Fsp3) is 0.188. The quantitative estimate of drug-likeness (QED) is 0.775. The number of nitrogens with one attached hydrogen (secondary N) is 1. The highest BCUT2D eigenvalue weighted by molar-refractivity contribution is 7.89. The van der Waals surface area contributed by atoms with E-state index in [1.807, 2.05) is 0 Å². The Hall–Kier alpha value is -1.31. The van der Waals surface area contributed by atoms with E-state index >= 15 is 0 Å². The van der Waals surface area contributed by atoms with Gasteiger partial charge in [0, 0.05) is 28.7 Å². The maximum Gasteiger partial charge on any atom is 0.243 e. The first-order valence-electron chi connectivity index (χ1n) is 7.12. The molecule has 0 atom stereocenters. The van der Waals surface area contributed by atoms with Crippen LogP contribution >= 0.6 is 34.8 Å². The smallest absolute Gasteiger partial charge is 0.243 e. The fourth-order valence-corrected chi connectivity index (χ4v) is 3.72. The number of sulfonamides is 1. The molecule has 0 aromatic heterocycles. The first-order chi connectivity index (χ1) is 11.7. The maximum atomic E-state index is 12.4. The lowest BCUT2D eigenvalue weighted by atomic mass is 10.2. The summed E-state index contributed by atoms with van der Waals surface area (Å²) in [5.41, 5.74) is 0.683. The van der Waals surface area contributed by atoms with Crippen LogP contribution in [-0.2, 0) is 21.4 Å². The molecule has 1 amide bonds. The second-order valence-electron chi connectivity index (χ2n) is 5.23. The van der Waals surface area contributed by atoms with Gasteiger partial charge in [0.05, 0.1) is 11.4 Å². The van der Waals surface area contributed by atoms with Crippen molar-refractivity contribution < 1.29 is 13.2 Å². The van der Waals surface area contributed by atoms with Gasteiger partial charge in [0.25, 0.3) is 0 Å². The maximum absolute atomic E-state index is 12.4. The summed E-state index contributed by atoms with van der Waals surface area (Å²) in [6.45, 7) is -0.153. The second-order valence-corrected chi connectivity index (χ2v) is 8.55. The lowest BCUT2D eigenvalue weighted by molar-refractivity contribution is -0.121. The summed E-state index contributed by atoms with van der Waals surface area (Å²) < 4.78 is 25.8. The molecule has 0 bridgehead atoms. The Morgan fingerprint density at radius 3 is 2.24 bits per heavy atom. The molecule has 0 radical (unpaired) electrons. The third-order valence-electron chi connectivity index (χ3n) is 3.38. The van der Waals surface area contributed by atoms with Gasteiger partial charge in [0.2, 0.25) is 15.9 Å². The SMILES string of the molecule is CN(CC(=O)NCc1ccc(Cl)cc1Cl)S(=O)(=O)c1ccc(Cl)cc1. The van der Waals surface area contributed by atoms with E-state index in [1.54, 1.807) is 18.2 Å². The summed E-state index contributed by atoms with van der Waals surface area (Å²) in [6, 6.07) is 10.7. The van der Waals surface area contributed by atoms with E-state index in [4.69, 9.17) is 34.8 Å². The molecule has 0 aliphatic carbocycles. The normalized spacial score (nSPS) is 11.6. The number of rotatable bonds is 6. The minimum Gasteiger partial charge on any atom is -0.351 e. The fourth-order valence-electron chi connectivity index (χ4n) is 1.99. The van der Waals surface area contributed by atoms with Crippen LogP contribution in [0.15, 0.2) is 47.4 Å². The Bertz CT molecular complexity index is 871. The van der Waals surface area contributed by atoms with Crippen LogP contribution in [0, 0.1) is 0 Å². The van der Waals surface area contributed by atoms with E-state index in [9.17, 15) is 13.2 Å². The zero-order valence-electron chi connectivity index (χ0n) is 13.2. The average molecular weight is 422 g/mol. The molecule has 0 unspecified atom stereocenters. The Labute approximate surface area is 161 Å². The monoisotopic (exact) mass is 420 g/mol. The zero-order valence-corrected chi connectivity index (χ0v) is 16.3. The highest BCUT2D eigenvalue weighted by atomic mass is 35.5. The summed E-state index contributed by atoms with van der Waals surface area (Å²) >= 11 is 17.6. The van der Waals surface area contributed by atoms with Crippen LogP contribution in [-0.4, -0.2) is 32.2 Å². The molecular formula is C16H15Cl3N2O3S. The van der Waals surface area contributed by atoms with E-state index in [2.05, 4.69) is 5.32 Å². The molecule has 0 aliphatic rings. The van der Waals surface area contributed by atoms with Crippen LogP contribution in [0.5, 0.6) is 0 Å². The Morgan fingerprint density at radius 2 is 1.64 bits per heavy atom. The van der Waals surface area contributed by atoms with Crippen LogP contribution in [0.2, 0.25) is 15.1 Å². The summed E-state index contributed by atoms with van der Waals surface area (Å²) in [5.74, 6) is -0.453. The van der Waals surface area contributed by atoms with Gasteiger partial charge >= 0.3 is 0 Å². The number of amides is 1. The van der Waals surface area contributed by atoms with Gasteiger partial charge in [-0.05, 0) is 42.0 Å². The first kappa shape index (κ1) is 20.0. The molecule has 2 aromatic rings. The molecule has 25 heavy (non-hydrogen) atoms. The second kappa shape index (κ2) is 8.38. The summed E-state index contributed by atoms with van der Waals surface area (Å²) in [7, 11) is -2.45. The minimum absolute atomic E-state index is 0.0629. The van der Waals surface area contributed by atoms with Crippen LogP contribution in [0.3, 0.4) is 0 Å². The molecule has 9 heteroatoms. The van der Waals surface area contributed by atoms with Gasteiger partial charge in [-0.15, -0.1) is 0 Å². The van der Waals surface area contributed by atoms with Crippen molar-refractivity contribution in [2.75, 3.05) is 13.6 Å². The molecule has 0 saturated heterocycles. The van der Waals surface area contributed by atoms with E-state index in [0.29, 0.717) is 20.6 Å². The molecule has 2 rings (SSSR count). The molecule has 1 N–H and O–H groups in total. The Balaban J connectivity index is 1.98. The number of carbonyl (C=O) groups is 1. The van der Waals surface area contributed by atoms with Crippen LogP contribution in [0.25, 0.3) is 0 Å². The minimum atomic E-state index is -3.78. The third kappa shape index (κ3) is 5.33. The van der Waals surface area contributed by atoms with Gasteiger partial charge in [-0.2, -0.15) is 4.31 Å². The lowest BCUT2D eigenvalue weighted by Gasteiger charge is -2.17. The van der Waals surface area contributed by atoms with Crippen LogP contribution in [0.4, 0.5) is 0 Å². The summed E-state index contributed by atoms with van der Waals surface area (Å²) in [6.07, 6.45) is 0. The number of nitrogens with zero attached hydrogens (tertiary/aromatic N) is 1. The van der Waals surface area contributed by atoms with Crippen molar-refractivity contribution in [2.45, 2.75) is 11.4 Å². The average Bonchev–Trinajstić information content (AvgIpc) is 2.54. The van der Waals surface area contributed by atoms with Crippen molar-refractivity contribution in [3.63, 3.8) is 0 Å². The number of hydrogen-bond donors (Lipinski definition) is 1. The molecular weight excluding hydrogens is 407 g/mol. The standard InChI is InChI=1S/C16H15Cl3N2O3S/c1-21(25(23,24)14-6-4-12(17)5-7-14)10-16(22)20-9-11-2-3-13(18)8-15(11)19/h2-8H,9-10H2,1H3,(H,20,22). The molecule has 0 heterocycles. The van der Waals surface area contributed by atoms with Crippen molar-refractivity contribution in [2.24, 2.45) is 0 Å². The number of halogens is 3. The van der Waals surface area contributed by atoms with Gasteiger partial charge in [-0.3, -0.25) is 4.79 Å². The Morgan fingerprint density at radius 1 is 1.04 bits per heavy atom. The molecule has 2 aromatic carbocycles. The number of hydrogen-bond acceptors (Lipinski definition) is 3. The van der Waals surface area contributed by atoms with E-state index in [-0.39, 0.29) is 18.0 Å². The van der Waals surface area contributed by atoms with Crippen molar-refractivity contribution in [1.29, 1.82) is 0 Å². The summed E-state index contributed by atoms with van der Waals surface area (Å²) in [5, 5.41) is 3.98. The Kier molecular flexibility index (Phi) is 6.71. The topological polar surface area (TPSA) is 66.5 Å². The lowest BCUT2D eigenvalue weighted by Crippen LogP contribution is -2.38. The zero-order chi connectivity index (χ0) is 18.6. The number of benzene rings is 2. The molecule has 0 spiro atoms. The van der Waals surface area contributed by atoms with E-state index in [1.165, 1.54) is 31.3 Å². The number of carbonyl (C=O) groups excluding carboxylic acids is 1. The van der Waals surface area contributed by atoms with Crippen molar-refractivity contribution in [3.05, 3.63) is 63.1 Å². The highest BCUT2D eigenvalue weighted by Gasteiger charge is 2.22. The van der Waals surface area contributed by atoms with Gasteiger partial charge in [0.15, 0.2) is 0 Å². The molecule has 0 aliphatic heterocycles. The third-order valence-corrected chi connectivity index (χ3v) is 6.04. The van der Waals surface area contributed by atoms with Crippen LogP contribution < -0.4 is 5.32 Å². The molecule has 134 valence electrons. The van der Waals surface area contributed by atoms with Gasteiger partial charge in [-0.25, -0.2) is 8.42 Å². The predicted molar refractivity (Wildman–Crippen MR) is 99.6 cm³/mol. The predicted octanol–water partition coefficient (Wildman–Crippen LogP) is 3.58. The van der Waals surface area contributed by atoms with Gasteiger partial charge in [-0.1, -0.05) is 40.9 Å². The van der Waals surface area contributed by atoms with Crippen molar-refractivity contribution in [1.82, 2.24) is 9.62 Å². The molecule has 0 saturated carbocycles.